The number of hydrogen-bond donors (Lipinski definition) is 1. The second-order valence-corrected chi connectivity index (χ2v) is 6.99. The molecule has 1 saturated heterocycles. The Bertz CT molecular complexity index is 758. The van der Waals surface area contributed by atoms with Crippen LogP contribution in [-0.2, 0) is 10.0 Å². The molecule has 0 spiro atoms. The highest BCUT2D eigenvalue weighted by atomic mass is 32.2. The summed E-state index contributed by atoms with van der Waals surface area (Å²) in [5.41, 5.74) is 1.65. The maximum absolute atomic E-state index is 12.7. The van der Waals surface area contributed by atoms with Crippen LogP contribution < -0.4 is 0 Å². The van der Waals surface area contributed by atoms with Crippen LogP contribution in [0.15, 0.2) is 35.4 Å². The van der Waals surface area contributed by atoms with E-state index < -0.39 is 16.1 Å². The van der Waals surface area contributed by atoms with Gasteiger partial charge in [0.25, 0.3) is 0 Å². The molecule has 1 fully saturated rings. The average molecular weight is 292 g/mol. The molecule has 5 nitrogen and oxygen atoms in total. The number of aliphatic hydroxyl groups excluding tert-OH is 1. The molecule has 2 aromatic rings. The highest BCUT2D eigenvalue weighted by molar-refractivity contribution is 7.89. The fourth-order valence-corrected chi connectivity index (χ4v) is 4.26. The fraction of sp³-hybridized carbons (Fsp3) is 0.357. The van der Waals surface area contributed by atoms with Crippen molar-refractivity contribution in [3.63, 3.8) is 0 Å². The van der Waals surface area contributed by atoms with E-state index in [0.717, 1.165) is 5.56 Å². The third-order valence-corrected chi connectivity index (χ3v) is 5.60. The maximum Gasteiger partial charge on any atom is 0.243 e. The van der Waals surface area contributed by atoms with Crippen LogP contribution in [-0.4, -0.2) is 42.0 Å². The van der Waals surface area contributed by atoms with Gasteiger partial charge in [0.2, 0.25) is 10.0 Å². The summed E-state index contributed by atoms with van der Waals surface area (Å²) in [6.07, 6.45) is 1.58. The van der Waals surface area contributed by atoms with Gasteiger partial charge in [-0.25, -0.2) is 8.42 Å². The molecular formula is C14H16N2O3S. The first-order valence-corrected chi connectivity index (χ1v) is 7.97. The van der Waals surface area contributed by atoms with E-state index in [9.17, 15) is 13.5 Å². The number of aromatic nitrogens is 1. The molecule has 1 aromatic carbocycles. The van der Waals surface area contributed by atoms with Crippen molar-refractivity contribution in [1.29, 1.82) is 0 Å². The zero-order valence-electron chi connectivity index (χ0n) is 11.2. The number of β-amino-alcohol motifs (C(OH)–C–C–N with tert-alkyl or cyclic N) is 1. The molecule has 1 N–H and O–H groups in total. The third-order valence-electron chi connectivity index (χ3n) is 3.68. The minimum Gasteiger partial charge on any atom is -0.392 e. The smallest absolute Gasteiger partial charge is 0.243 e. The fourth-order valence-electron chi connectivity index (χ4n) is 2.58. The first-order valence-electron chi connectivity index (χ1n) is 6.53. The van der Waals surface area contributed by atoms with E-state index in [0.29, 0.717) is 23.9 Å². The summed E-state index contributed by atoms with van der Waals surface area (Å²) in [6.45, 7) is 2.43. The summed E-state index contributed by atoms with van der Waals surface area (Å²) < 4.78 is 26.7. The van der Waals surface area contributed by atoms with E-state index >= 15 is 0 Å². The summed E-state index contributed by atoms with van der Waals surface area (Å²) in [6, 6.07) is 6.91. The Kier molecular flexibility index (Phi) is 3.24. The molecule has 1 atom stereocenters. The average Bonchev–Trinajstić information content (AvgIpc) is 2.87. The molecule has 106 valence electrons. The molecule has 1 aliphatic rings. The zero-order valence-corrected chi connectivity index (χ0v) is 12.0. The van der Waals surface area contributed by atoms with Gasteiger partial charge in [-0.1, -0.05) is 6.07 Å². The quantitative estimate of drug-likeness (QED) is 0.905. The normalized spacial score (nSPS) is 20.6. The molecule has 1 aromatic heterocycles. The van der Waals surface area contributed by atoms with Crippen molar-refractivity contribution in [2.45, 2.75) is 24.3 Å². The van der Waals surface area contributed by atoms with Crippen molar-refractivity contribution in [3.8, 4) is 0 Å². The number of aryl methyl sites for hydroxylation is 1. The maximum atomic E-state index is 12.7. The van der Waals surface area contributed by atoms with Crippen molar-refractivity contribution in [1.82, 2.24) is 9.29 Å². The third kappa shape index (κ3) is 2.09. The summed E-state index contributed by atoms with van der Waals surface area (Å²) in [4.78, 5) is 4.53. The van der Waals surface area contributed by atoms with E-state index in [1.54, 1.807) is 30.5 Å². The molecule has 0 amide bonds. The Morgan fingerprint density at radius 1 is 1.35 bits per heavy atom. The lowest BCUT2D eigenvalue weighted by atomic mass is 10.1. The standard InChI is InChI=1S/C14H16N2O3S/c1-10-4-5-13(12-3-2-7-15-14(10)12)20(18,19)16-8-6-11(17)9-16/h2-5,7,11,17H,6,8-9H2,1H3/t11-/m0/s1. The number of pyridine rings is 1. The Hall–Kier alpha value is -1.50. The summed E-state index contributed by atoms with van der Waals surface area (Å²) in [7, 11) is -3.58. The number of aliphatic hydroxyl groups is 1. The van der Waals surface area contributed by atoms with Gasteiger partial charge in [-0.15, -0.1) is 0 Å². The molecule has 20 heavy (non-hydrogen) atoms. The summed E-state index contributed by atoms with van der Waals surface area (Å²) in [5, 5.41) is 10.2. The Balaban J connectivity index is 2.17. The molecule has 0 unspecified atom stereocenters. The van der Waals surface area contributed by atoms with E-state index in [-0.39, 0.29) is 11.4 Å². The molecule has 0 bridgehead atoms. The van der Waals surface area contributed by atoms with E-state index in [4.69, 9.17) is 0 Å². The van der Waals surface area contributed by atoms with Gasteiger partial charge in [0.05, 0.1) is 16.5 Å². The van der Waals surface area contributed by atoms with Gasteiger partial charge >= 0.3 is 0 Å². The largest absolute Gasteiger partial charge is 0.392 e. The van der Waals surface area contributed by atoms with Gasteiger partial charge in [0, 0.05) is 24.7 Å². The molecular weight excluding hydrogens is 276 g/mol. The van der Waals surface area contributed by atoms with Crippen molar-refractivity contribution >= 4 is 20.9 Å². The summed E-state index contributed by atoms with van der Waals surface area (Å²) in [5.74, 6) is 0. The lowest BCUT2D eigenvalue weighted by Crippen LogP contribution is -2.29. The first-order chi connectivity index (χ1) is 9.50. The van der Waals surface area contributed by atoms with Crippen LogP contribution in [0.25, 0.3) is 10.9 Å². The number of rotatable bonds is 2. The van der Waals surface area contributed by atoms with Crippen molar-refractivity contribution in [2.75, 3.05) is 13.1 Å². The van der Waals surface area contributed by atoms with Gasteiger partial charge in [0.15, 0.2) is 0 Å². The number of fused-ring (bicyclic) bond motifs is 1. The predicted molar refractivity (Wildman–Crippen MR) is 75.9 cm³/mol. The Labute approximate surface area is 117 Å². The molecule has 6 heteroatoms. The number of benzene rings is 1. The Morgan fingerprint density at radius 2 is 2.15 bits per heavy atom. The predicted octanol–water partition coefficient (Wildman–Crippen LogP) is 1.30. The molecule has 3 rings (SSSR count). The van der Waals surface area contributed by atoms with E-state index in [2.05, 4.69) is 4.98 Å². The highest BCUT2D eigenvalue weighted by Gasteiger charge is 2.32. The molecule has 0 radical (unpaired) electrons. The van der Waals surface area contributed by atoms with Crippen LogP contribution in [0.1, 0.15) is 12.0 Å². The van der Waals surface area contributed by atoms with Crippen LogP contribution in [0, 0.1) is 6.92 Å². The van der Waals surface area contributed by atoms with Gasteiger partial charge < -0.3 is 5.11 Å². The van der Waals surface area contributed by atoms with E-state index in [1.807, 2.05) is 6.92 Å². The second-order valence-electron chi connectivity index (χ2n) is 5.09. The minimum atomic E-state index is -3.58. The number of nitrogens with zero attached hydrogens (tertiary/aromatic N) is 2. The van der Waals surface area contributed by atoms with Gasteiger partial charge in [0.1, 0.15) is 0 Å². The van der Waals surface area contributed by atoms with Crippen molar-refractivity contribution < 1.29 is 13.5 Å². The number of hydrogen-bond acceptors (Lipinski definition) is 4. The van der Waals surface area contributed by atoms with Gasteiger partial charge in [-0.3, -0.25) is 4.98 Å². The van der Waals surface area contributed by atoms with Crippen LogP contribution >= 0.6 is 0 Å². The molecule has 0 saturated carbocycles. The topological polar surface area (TPSA) is 70.5 Å². The van der Waals surface area contributed by atoms with Gasteiger partial charge in [-0.05, 0) is 37.1 Å². The van der Waals surface area contributed by atoms with Crippen molar-refractivity contribution in [3.05, 3.63) is 36.0 Å². The van der Waals surface area contributed by atoms with Crippen LogP contribution in [0.3, 0.4) is 0 Å². The monoisotopic (exact) mass is 292 g/mol. The second kappa shape index (κ2) is 4.80. The molecule has 2 heterocycles. The van der Waals surface area contributed by atoms with Gasteiger partial charge in [-0.2, -0.15) is 4.31 Å². The molecule has 1 aliphatic heterocycles. The van der Waals surface area contributed by atoms with Crippen LogP contribution in [0.4, 0.5) is 0 Å². The van der Waals surface area contributed by atoms with Crippen LogP contribution in [0.5, 0.6) is 0 Å². The van der Waals surface area contributed by atoms with Crippen LogP contribution in [0.2, 0.25) is 0 Å². The number of sulfonamides is 1. The lowest BCUT2D eigenvalue weighted by Gasteiger charge is -2.17. The lowest BCUT2D eigenvalue weighted by molar-refractivity contribution is 0.189. The Morgan fingerprint density at radius 3 is 2.85 bits per heavy atom. The van der Waals surface area contributed by atoms with Crippen molar-refractivity contribution in [2.24, 2.45) is 0 Å². The van der Waals surface area contributed by atoms with E-state index in [1.165, 1.54) is 4.31 Å². The SMILES string of the molecule is Cc1ccc(S(=O)(=O)N2CC[C@H](O)C2)c2cccnc12. The minimum absolute atomic E-state index is 0.165. The molecule has 0 aliphatic carbocycles. The summed E-state index contributed by atoms with van der Waals surface area (Å²) >= 11 is 0. The first kappa shape index (κ1) is 13.5. The highest BCUT2D eigenvalue weighted by Crippen LogP contribution is 2.28. The zero-order chi connectivity index (χ0) is 14.3.